The van der Waals surface area contributed by atoms with Crippen LogP contribution in [0, 0.1) is 6.92 Å². The highest BCUT2D eigenvalue weighted by molar-refractivity contribution is 5.94. The van der Waals surface area contributed by atoms with E-state index in [0.29, 0.717) is 27.9 Å². The molecule has 0 aliphatic carbocycles. The molecule has 0 bridgehead atoms. The van der Waals surface area contributed by atoms with Crippen molar-refractivity contribution < 1.29 is 9.53 Å². The number of aromatic amines is 1. The lowest BCUT2D eigenvalue weighted by molar-refractivity contribution is 0.0601. The smallest absolute Gasteiger partial charge is 0.337 e. The quantitative estimate of drug-likeness (QED) is 0.666. The molecule has 0 spiro atoms. The van der Waals surface area contributed by atoms with Crippen LogP contribution < -0.4 is 5.56 Å². The van der Waals surface area contributed by atoms with Crippen LogP contribution in [0.4, 0.5) is 0 Å². The molecule has 19 heavy (non-hydrogen) atoms. The van der Waals surface area contributed by atoms with Gasteiger partial charge >= 0.3 is 5.97 Å². The van der Waals surface area contributed by atoms with Crippen LogP contribution in [-0.4, -0.2) is 27.4 Å². The zero-order valence-electron chi connectivity index (χ0n) is 10.4. The van der Waals surface area contributed by atoms with Crippen molar-refractivity contribution in [2.45, 2.75) is 6.92 Å². The molecule has 0 fully saturated rings. The molecule has 0 saturated heterocycles. The third kappa shape index (κ3) is 1.61. The van der Waals surface area contributed by atoms with E-state index in [0.717, 1.165) is 0 Å². The van der Waals surface area contributed by atoms with Crippen molar-refractivity contribution in [2.24, 2.45) is 0 Å². The first-order chi connectivity index (χ1) is 9.11. The minimum absolute atomic E-state index is 0.209. The second kappa shape index (κ2) is 3.94. The summed E-state index contributed by atoms with van der Waals surface area (Å²) in [7, 11) is 1.33. The average Bonchev–Trinajstić information content (AvgIpc) is 2.81. The molecule has 0 radical (unpaired) electrons. The summed E-state index contributed by atoms with van der Waals surface area (Å²) in [6, 6.07) is 4.98. The van der Waals surface area contributed by atoms with E-state index < -0.39 is 5.97 Å². The fraction of sp³-hybridized carbons (Fsp3) is 0.154. The van der Waals surface area contributed by atoms with E-state index in [2.05, 4.69) is 9.97 Å². The largest absolute Gasteiger partial charge is 0.465 e. The van der Waals surface area contributed by atoms with Crippen LogP contribution in [-0.2, 0) is 4.74 Å². The van der Waals surface area contributed by atoms with E-state index in [1.54, 1.807) is 29.5 Å². The van der Waals surface area contributed by atoms with Gasteiger partial charge in [-0.2, -0.15) is 0 Å². The van der Waals surface area contributed by atoms with Crippen molar-refractivity contribution >= 4 is 22.5 Å². The number of aromatic nitrogens is 3. The third-order valence-corrected chi connectivity index (χ3v) is 3.08. The van der Waals surface area contributed by atoms with Crippen LogP contribution in [0.1, 0.15) is 16.2 Å². The monoisotopic (exact) mass is 257 g/mol. The minimum Gasteiger partial charge on any atom is -0.465 e. The molecule has 1 aromatic carbocycles. The van der Waals surface area contributed by atoms with Gasteiger partial charge in [-0.05, 0) is 25.1 Å². The number of fused-ring (bicyclic) bond motifs is 3. The van der Waals surface area contributed by atoms with Crippen LogP contribution in [0.15, 0.2) is 29.2 Å². The molecule has 6 nitrogen and oxygen atoms in total. The first kappa shape index (κ1) is 11.5. The van der Waals surface area contributed by atoms with E-state index >= 15 is 0 Å². The SMILES string of the molecule is COC(=O)c1ccc2[nH]c(=O)c3cnc(C)n3c2c1. The van der Waals surface area contributed by atoms with Crippen molar-refractivity contribution in [1.29, 1.82) is 0 Å². The fourth-order valence-corrected chi connectivity index (χ4v) is 2.16. The minimum atomic E-state index is -0.418. The zero-order chi connectivity index (χ0) is 13.6. The van der Waals surface area contributed by atoms with E-state index in [4.69, 9.17) is 4.74 Å². The number of H-pyrrole nitrogens is 1. The number of carbonyl (C=O) groups excluding carboxylic acids is 1. The maximum atomic E-state index is 11.9. The van der Waals surface area contributed by atoms with E-state index in [9.17, 15) is 9.59 Å². The summed E-state index contributed by atoms with van der Waals surface area (Å²) >= 11 is 0. The summed E-state index contributed by atoms with van der Waals surface area (Å²) in [6.45, 7) is 1.80. The Morgan fingerprint density at radius 2 is 2.16 bits per heavy atom. The molecule has 0 atom stereocenters. The molecule has 1 N–H and O–H groups in total. The number of aryl methyl sites for hydroxylation is 1. The number of imidazole rings is 1. The lowest BCUT2D eigenvalue weighted by Crippen LogP contribution is -2.11. The van der Waals surface area contributed by atoms with E-state index in [1.807, 2.05) is 0 Å². The van der Waals surface area contributed by atoms with Gasteiger partial charge in [-0.25, -0.2) is 9.78 Å². The van der Waals surface area contributed by atoms with E-state index in [-0.39, 0.29) is 5.56 Å². The van der Waals surface area contributed by atoms with Crippen molar-refractivity contribution in [3.63, 3.8) is 0 Å². The van der Waals surface area contributed by atoms with Gasteiger partial charge in [0.1, 0.15) is 11.3 Å². The number of hydrogen-bond donors (Lipinski definition) is 1. The Bertz CT molecular complexity index is 861. The van der Waals surface area contributed by atoms with Gasteiger partial charge in [-0.15, -0.1) is 0 Å². The summed E-state index contributed by atoms with van der Waals surface area (Å²) in [4.78, 5) is 30.3. The fourth-order valence-electron chi connectivity index (χ4n) is 2.16. The van der Waals surface area contributed by atoms with Gasteiger partial charge in [0.2, 0.25) is 0 Å². The van der Waals surface area contributed by atoms with Crippen LogP contribution >= 0.6 is 0 Å². The second-order valence-electron chi connectivity index (χ2n) is 4.20. The number of carbonyl (C=O) groups is 1. The number of esters is 1. The number of ether oxygens (including phenoxy) is 1. The highest BCUT2D eigenvalue weighted by atomic mass is 16.5. The molecule has 96 valence electrons. The van der Waals surface area contributed by atoms with Crippen molar-refractivity contribution in [2.75, 3.05) is 7.11 Å². The number of nitrogens with one attached hydrogen (secondary N) is 1. The van der Waals surface area contributed by atoms with Crippen molar-refractivity contribution in [3.8, 4) is 0 Å². The molecule has 0 aliphatic rings. The van der Waals surface area contributed by atoms with E-state index in [1.165, 1.54) is 13.3 Å². The maximum Gasteiger partial charge on any atom is 0.337 e. The molecule has 0 unspecified atom stereocenters. The van der Waals surface area contributed by atoms with Gasteiger partial charge in [0.15, 0.2) is 0 Å². The number of rotatable bonds is 1. The maximum absolute atomic E-state index is 11.9. The highest BCUT2D eigenvalue weighted by Gasteiger charge is 2.11. The summed E-state index contributed by atoms with van der Waals surface area (Å²) < 4.78 is 6.42. The molecule has 0 aliphatic heterocycles. The Hall–Kier alpha value is -2.63. The Labute approximate surface area is 107 Å². The Morgan fingerprint density at radius 1 is 1.37 bits per heavy atom. The molecule has 2 heterocycles. The Morgan fingerprint density at radius 3 is 2.89 bits per heavy atom. The van der Waals surface area contributed by atoms with Gasteiger partial charge < -0.3 is 9.72 Å². The number of hydrogen-bond acceptors (Lipinski definition) is 4. The zero-order valence-corrected chi connectivity index (χ0v) is 10.4. The number of benzene rings is 1. The average molecular weight is 257 g/mol. The molecule has 0 saturated carbocycles. The number of nitrogens with zero attached hydrogens (tertiary/aromatic N) is 2. The first-order valence-electron chi connectivity index (χ1n) is 5.70. The highest BCUT2D eigenvalue weighted by Crippen LogP contribution is 2.16. The Kier molecular flexibility index (Phi) is 2.38. The topological polar surface area (TPSA) is 76.5 Å². The first-order valence-corrected chi connectivity index (χ1v) is 5.70. The van der Waals surface area contributed by atoms with Crippen LogP contribution in [0.25, 0.3) is 16.6 Å². The van der Waals surface area contributed by atoms with Gasteiger partial charge in [0.05, 0.1) is 29.9 Å². The predicted molar refractivity (Wildman–Crippen MR) is 69.4 cm³/mol. The molecular formula is C13H11N3O3. The van der Waals surface area contributed by atoms with Crippen molar-refractivity contribution in [3.05, 3.63) is 46.1 Å². The molecule has 0 amide bonds. The summed E-state index contributed by atoms with van der Waals surface area (Å²) in [5.74, 6) is 0.270. The summed E-state index contributed by atoms with van der Waals surface area (Å²) in [6.07, 6.45) is 1.51. The standard InChI is InChI=1S/C13H11N3O3/c1-7-14-6-11-12(17)15-9-4-3-8(13(18)19-2)5-10(9)16(7)11/h3-6H,1-2H3,(H,15,17). The third-order valence-electron chi connectivity index (χ3n) is 3.08. The Balaban J connectivity index is 2.47. The van der Waals surface area contributed by atoms with Crippen molar-refractivity contribution in [1.82, 2.24) is 14.4 Å². The van der Waals surface area contributed by atoms with Gasteiger partial charge in [0.25, 0.3) is 5.56 Å². The number of methoxy groups -OCH3 is 1. The summed E-state index contributed by atoms with van der Waals surface area (Å²) in [5, 5.41) is 0. The van der Waals surface area contributed by atoms with Crippen LogP contribution in [0.3, 0.4) is 0 Å². The van der Waals surface area contributed by atoms with Crippen LogP contribution in [0.5, 0.6) is 0 Å². The van der Waals surface area contributed by atoms with Gasteiger partial charge in [-0.1, -0.05) is 0 Å². The summed E-state index contributed by atoms with van der Waals surface area (Å²) in [5.41, 5.74) is 2.03. The second-order valence-corrected chi connectivity index (χ2v) is 4.20. The molecular weight excluding hydrogens is 246 g/mol. The molecule has 2 aromatic heterocycles. The molecule has 6 heteroatoms. The van der Waals surface area contributed by atoms with Gasteiger partial charge in [-0.3, -0.25) is 9.20 Å². The lowest BCUT2D eigenvalue weighted by atomic mass is 10.2. The predicted octanol–water partition coefficient (Wildman–Crippen LogP) is 1.27. The normalized spacial score (nSPS) is 11.1. The molecule has 3 aromatic rings. The van der Waals surface area contributed by atoms with Gasteiger partial charge in [0, 0.05) is 0 Å². The molecule has 3 rings (SSSR count). The lowest BCUT2D eigenvalue weighted by Gasteiger charge is -2.05. The van der Waals surface area contributed by atoms with Crippen LogP contribution in [0.2, 0.25) is 0 Å².